The first-order valence-corrected chi connectivity index (χ1v) is 10.4. The van der Waals surface area contributed by atoms with Gasteiger partial charge in [-0.1, -0.05) is 13.8 Å². The third-order valence-corrected chi connectivity index (χ3v) is 4.61. The summed E-state index contributed by atoms with van der Waals surface area (Å²) in [5.41, 5.74) is 14.3. The first-order valence-electron chi connectivity index (χ1n) is 10.4. The number of anilines is 1. The van der Waals surface area contributed by atoms with Gasteiger partial charge in [0.15, 0.2) is 11.6 Å². The summed E-state index contributed by atoms with van der Waals surface area (Å²) in [4.78, 5) is 14.9. The molecule has 0 saturated carbocycles. The second kappa shape index (κ2) is 10.9. The number of pyridine rings is 1. The summed E-state index contributed by atoms with van der Waals surface area (Å²) in [7, 11) is 5.10. The zero-order valence-corrected chi connectivity index (χ0v) is 19.6. The maximum atomic E-state index is 14.0. The number of nitrogens with one attached hydrogen (secondary N) is 1. The number of halogens is 1. The van der Waals surface area contributed by atoms with Crippen LogP contribution in [0.15, 0.2) is 46.1 Å². The average Bonchev–Trinajstić information content (AvgIpc) is 2.80. The number of guanidine groups is 1. The number of hydrogen-bond donors (Lipinski definition) is 3. The molecule has 3 rings (SSSR count). The van der Waals surface area contributed by atoms with Gasteiger partial charge in [0.05, 0.1) is 11.3 Å². The Balaban J connectivity index is 0.00000187. The fraction of sp³-hybridized carbons (Fsp3) is 0.304. The van der Waals surface area contributed by atoms with Gasteiger partial charge in [0, 0.05) is 38.5 Å². The minimum absolute atomic E-state index is 0.0353. The number of aromatic nitrogens is 1. The third kappa shape index (κ3) is 5.57. The van der Waals surface area contributed by atoms with Crippen molar-refractivity contribution < 1.29 is 9.13 Å². The Hall–Kier alpha value is -4.13. The minimum Gasteiger partial charge on any atom is -0.482 e. The van der Waals surface area contributed by atoms with E-state index in [4.69, 9.17) is 16.2 Å². The van der Waals surface area contributed by atoms with Crippen molar-refractivity contribution in [2.75, 3.05) is 26.9 Å². The van der Waals surface area contributed by atoms with Crippen LogP contribution in [0.25, 0.3) is 5.57 Å². The molecule has 1 aromatic heterocycles. The molecule has 0 amide bonds. The van der Waals surface area contributed by atoms with Crippen LogP contribution in [0.2, 0.25) is 0 Å². The molecule has 1 aliphatic heterocycles. The summed E-state index contributed by atoms with van der Waals surface area (Å²) in [6.45, 7) is 5.75. The number of rotatable bonds is 1. The molecular weight excluding hydrogens is 423 g/mol. The van der Waals surface area contributed by atoms with Gasteiger partial charge in [-0.15, -0.1) is 0 Å². The summed E-state index contributed by atoms with van der Waals surface area (Å²) in [5, 5.41) is 12.4. The topological polar surface area (TPSA) is 138 Å². The van der Waals surface area contributed by atoms with Gasteiger partial charge in [-0.05, 0) is 31.2 Å². The number of allylic oxidation sites excluding steroid dienone is 1. The number of benzene rings is 1. The van der Waals surface area contributed by atoms with E-state index in [0.717, 1.165) is 0 Å². The lowest BCUT2D eigenvalue weighted by Gasteiger charge is -2.21. The van der Waals surface area contributed by atoms with Gasteiger partial charge in [0.25, 0.3) is 0 Å². The number of fused-ring (bicyclic) bond motifs is 3. The van der Waals surface area contributed by atoms with Crippen molar-refractivity contribution in [1.29, 1.82) is 5.26 Å². The number of amidine groups is 1. The Morgan fingerprint density at radius 1 is 1.21 bits per heavy atom. The second-order valence-electron chi connectivity index (χ2n) is 6.99. The van der Waals surface area contributed by atoms with E-state index < -0.39 is 11.9 Å². The summed E-state index contributed by atoms with van der Waals surface area (Å²) < 4.78 is 20.0. The van der Waals surface area contributed by atoms with Gasteiger partial charge in [0.1, 0.15) is 29.5 Å². The van der Waals surface area contributed by atoms with E-state index in [1.54, 1.807) is 39.0 Å². The molecule has 174 valence electrons. The van der Waals surface area contributed by atoms with Crippen molar-refractivity contribution in [2.45, 2.75) is 26.9 Å². The quantitative estimate of drug-likeness (QED) is 0.564. The fourth-order valence-electron chi connectivity index (χ4n) is 3.05. The average molecular weight is 453 g/mol. The number of hydrogen-bond acceptors (Lipinski definition) is 9. The summed E-state index contributed by atoms with van der Waals surface area (Å²) in [6, 6.07) is 7.89. The lowest BCUT2D eigenvalue weighted by atomic mass is 10.0. The highest BCUT2D eigenvalue weighted by atomic mass is 19.1. The number of aliphatic imine (C=N–C) groups is 2. The van der Waals surface area contributed by atoms with Crippen LogP contribution in [0.4, 0.5) is 15.9 Å². The van der Waals surface area contributed by atoms with Crippen molar-refractivity contribution in [1.82, 2.24) is 15.2 Å². The van der Waals surface area contributed by atoms with E-state index in [0.29, 0.717) is 22.4 Å². The largest absolute Gasteiger partial charge is 0.482 e. The first kappa shape index (κ1) is 25.1. The first-order chi connectivity index (χ1) is 15.7. The van der Waals surface area contributed by atoms with Crippen LogP contribution in [0.3, 0.4) is 0 Å². The summed E-state index contributed by atoms with van der Waals surface area (Å²) in [5.74, 6) is 0.265. The summed E-state index contributed by atoms with van der Waals surface area (Å²) >= 11 is 0. The molecule has 0 spiro atoms. The molecule has 10 heteroatoms. The maximum absolute atomic E-state index is 14.0. The Labute approximate surface area is 193 Å². The lowest BCUT2D eigenvalue weighted by molar-refractivity contribution is 0.227. The number of nitrogens with two attached hydrogens (primary N) is 2. The van der Waals surface area contributed by atoms with Crippen LogP contribution >= 0.6 is 0 Å². The van der Waals surface area contributed by atoms with E-state index in [1.165, 1.54) is 24.4 Å². The molecule has 5 N–H and O–H groups in total. The van der Waals surface area contributed by atoms with E-state index in [2.05, 4.69) is 26.4 Å². The molecule has 9 nitrogen and oxygen atoms in total. The SMILES string of the molecule is CC.CN/C(C#N)=C1\C(N)=N\C(N(C)C)=Nc2ccc(F)cc2C(C)Oc2cc1cnc2N. The standard InChI is InChI=1S/C21H23FN8O.C2H6/c1-11-14-8-13(22)5-6-15(14)28-21(30(3)4)29-20(25)18(16(9-23)26-2)12-7-17(31-11)19(24)27-10-12;1-2/h5-8,10-11,26H,1-4H3,(H2,24,27)(H2,25,28,29);1-2H3/b18-16-;. The van der Waals surface area contributed by atoms with Crippen LogP contribution < -0.4 is 21.5 Å². The Morgan fingerprint density at radius 2 is 1.91 bits per heavy atom. The molecule has 1 atom stereocenters. The highest BCUT2D eigenvalue weighted by Gasteiger charge is 2.21. The second-order valence-corrected chi connectivity index (χ2v) is 6.99. The predicted molar refractivity (Wildman–Crippen MR) is 129 cm³/mol. The van der Waals surface area contributed by atoms with Crippen molar-refractivity contribution in [2.24, 2.45) is 15.7 Å². The van der Waals surface area contributed by atoms with Crippen LogP contribution in [0.5, 0.6) is 5.75 Å². The molecule has 2 bridgehead atoms. The Bertz CT molecular complexity index is 1150. The smallest absolute Gasteiger partial charge is 0.227 e. The maximum Gasteiger partial charge on any atom is 0.227 e. The zero-order valence-electron chi connectivity index (χ0n) is 19.6. The molecule has 2 heterocycles. The molecule has 0 radical (unpaired) electrons. The lowest BCUT2D eigenvalue weighted by Crippen LogP contribution is -2.27. The number of nitrogens with zero attached hydrogens (tertiary/aromatic N) is 5. The minimum atomic E-state index is -0.606. The van der Waals surface area contributed by atoms with Gasteiger partial charge < -0.3 is 26.4 Å². The highest BCUT2D eigenvalue weighted by molar-refractivity contribution is 6.26. The van der Waals surface area contributed by atoms with E-state index in [9.17, 15) is 9.65 Å². The molecule has 0 fully saturated rings. The monoisotopic (exact) mass is 452 g/mol. The molecule has 0 aliphatic carbocycles. The van der Waals surface area contributed by atoms with Gasteiger partial charge >= 0.3 is 0 Å². The van der Waals surface area contributed by atoms with Gasteiger partial charge in [-0.25, -0.2) is 14.4 Å². The molecule has 1 unspecified atom stereocenters. The Morgan fingerprint density at radius 3 is 2.52 bits per heavy atom. The molecule has 2 aromatic rings. The van der Waals surface area contributed by atoms with Crippen molar-refractivity contribution in [3.05, 3.63) is 53.1 Å². The molecule has 0 saturated heterocycles. The normalized spacial score (nSPS) is 18.2. The van der Waals surface area contributed by atoms with Crippen LogP contribution in [-0.2, 0) is 0 Å². The molecular formula is C23H29FN8O. The zero-order chi connectivity index (χ0) is 24.7. The number of nitriles is 1. The third-order valence-electron chi connectivity index (χ3n) is 4.61. The van der Waals surface area contributed by atoms with Gasteiger partial charge in [0.2, 0.25) is 5.96 Å². The number of nitrogen functional groups attached to an aromatic ring is 1. The van der Waals surface area contributed by atoms with E-state index in [-0.39, 0.29) is 29.1 Å². The van der Waals surface area contributed by atoms with Crippen LogP contribution in [0, 0.1) is 17.1 Å². The van der Waals surface area contributed by atoms with Crippen LogP contribution in [-0.4, -0.2) is 42.8 Å². The van der Waals surface area contributed by atoms with Crippen molar-refractivity contribution in [3.63, 3.8) is 0 Å². The van der Waals surface area contributed by atoms with Crippen molar-refractivity contribution >= 4 is 28.9 Å². The molecule has 1 aliphatic rings. The van der Waals surface area contributed by atoms with E-state index in [1.807, 2.05) is 13.8 Å². The highest BCUT2D eigenvalue weighted by Crippen LogP contribution is 2.34. The van der Waals surface area contributed by atoms with Crippen LogP contribution in [0.1, 0.15) is 38.0 Å². The summed E-state index contributed by atoms with van der Waals surface area (Å²) in [6.07, 6.45) is 0.871. The number of ether oxygens (including phenoxy) is 1. The van der Waals surface area contributed by atoms with Gasteiger partial charge in [-0.2, -0.15) is 10.3 Å². The Kier molecular flexibility index (Phi) is 8.34. The molecule has 1 aromatic carbocycles. The van der Waals surface area contributed by atoms with Crippen molar-refractivity contribution in [3.8, 4) is 11.8 Å². The van der Waals surface area contributed by atoms with Gasteiger partial charge in [-0.3, -0.25) is 0 Å². The fourth-order valence-corrected chi connectivity index (χ4v) is 3.05. The van der Waals surface area contributed by atoms with E-state index >= 15 is 0 Å². The predicted octanol–water partition coefficient (Wildman–Crippen LogP) is 3.34. The molecule has 33 heavy (non-hydrogen) atoms.